The average Bonchev–Trinajstić information content (AvgIpc) is 2.98. The first-order valence-corrected chi connectivity index (χ1v) is 10.0. The highest BCUT2D eigenvalue weighted by atomic mass is 32.2. The average molecular weight is 377 g/mol. The number of carbonyl (C=O) groups is 1. The Labute approximate surface area is 157 Å². The van der Waals surface area contributed by atoms with E-state index in [1.165, 1.54) is 30.7 Å². The summed E-state index contributed by atoms with van der Waals surface area (Å²) in [6, 6.07) is 6.73. The predicted octanol–water partition coefficient (Wildman–Crippen LogP) is 3.65. The van der Waals surface area contributed by atoms with Crippen molar-refractivity contribution in [3.05, 3.63) is 30.1 Å². The fraction of sp³-hybridized carbons (Fsp3) is 0.526. The van der Waals surface area contributed by atoms with Crippen molar-refractivity contribution in [2.45, 2.75) is 44.3 Å². The van der Waals surface area contributed by atoms with E-state index in [1.807, 2.05) is 0 Å². The molecule has 1 fully saturated rings. The highest BCUT2D eigenvalue weighted by molar-refractivity contribution is 7.99. The molecule has 0 spiro atoms. The van der Waals surface area contributed by atoms with Gasteiger partial charge in [-0.2, -0.15) is 0 Å². The normalized spacial score (nSPS) is 23.0. The molecule has 0 unspecified atom stereocenters. The van der Waals surface area contributed by atoms with Crippen LogP contribution in [0.15, 0.2) is 29.4 Å². The third-order valence-electron chi connectivity index (χ3n) is 5.34. The first kappa shape index (κ1) is 18.9. The zero-order valence-electron chi connectivity index (χ0n) is 15.4. The minimum absolute atomic E-state index is 0.0105. The number of benzene rings is 1. The molecule has 1 aliphatic rings. The Balaban J connectivity index is 1.60. The minimum Gasteiger partial charge on any atom is -0.352 e. The van der Waals surface area contributed by atoms with Gasteiger partial charge in [0, 0.05) is 13.1 Å². The predicted molar refractivity (Wildman–Crippen MR) is 101 cm³/mol. The van der Waals surface area contributed by atoms with Gasteiger partial charge in [0.25, 0.3) is 0 Å². The minimum atomic E-state index is -0.335. The molecular formula is C19H25FN4OS. The van der Waals surface area contributed by atoms with Crippen molar-refractivity contribution in [3.63, 3.8) is 0 Å². The van der Waals surface area contributed by atoms with Crippen LogP contribution in [0.5, 0.6) is 0 Å². The summed E-state index contributed by atoms with van der Waals surface area (Å²) in [4.78, 5) is 12.3. The second-order valence-electron chi connectivity index (χ2n) is 7.08. The van der Waals surface area contributed by atoms with Gasteiger partial charge in [0.05, 0.1) is 11.3 Å². The molecule has 26 heavy (non-hydrogen) atoms. The van der Waals surface area contributed by atoms with E-state index in [9.17, 15) is 9.18 Å². The van der Waals surface area contributed by atoms with Crippen LogP contribution in [0.2, 0.25) is 0 Å². The van der Waals surface area contributed by atoms with Gasteiger partial charge < -0.3 is 9.88 Å². The lowest BCUT2D eigenvalue weighted by molar-refractivity contribution is -0.120. The van der Waals surface area contributed by atoms with E-state index in [1.54, 1.807) is 29.8 Å². The Hall–Kier alpha value is -1.89. The van der Waals surface area contributed by atoms with Crippen LogP contribution in [0.1, 0.15) is 33.1 Å². The fourth-order valence-electron chi connectivity index (χ4n) is 3.48. The summed E-state index contributed by atoms with van der Waals surface area (Å²) >= 11 is 1.32. The zero-order chi connectivity index (χ0) is 18.7. The van der Waals surface area contributed by atoms with Gasteiger partial charge in [-0.15, -0.1) is 10.2 Å². The maximum atomic E-state index is 14.0. The zero-order valence-corrected chi connectivity index (χ0v) is 16.2. The Morgan fingerprint density at radius 3 is 2.85 bits per heavy atom. The largest absolute Gasteiger partial charge is 0.352 e. The molecule has 1 saturated carbocycles. The first-order valence-electron chi connectivity index (χ1n) is 9.03. The molecule has 1 N–H and O–H groups in total. The molecule has 1 aromatic heterocycles. The summed E-state index contributed by atoms with van der Waals surface area (Å²) in [5.41, 5.74) is 0.406. The Morgan fingerprint density at radius 2 is 2.08 bits per heavy atom. The fourth-order valence-corrected chi connectivity index (χ4v) is 4.20. The van der Waals surface area contributed by atoms with Gasteiger partial charge in [0.15, 0.2) is 11.0 Å². The number of nitrogens with one attached hydrogen (secondary N) is 1. The number of hydrogen-bond acceptors (Lipinski definition) is 4. The smallest absolute Gasteiger partial charge is 0.230 e. The van der Waals surface area contributed by atoms with Gasteiger partial charge in [0.2, 0.25) is 5.91 Å². The summed E-state index contributed by atoms with van der Waals surface area (Å²) < 4.78 is 15.7. The number of nitrogens with zero attached hydrogens (tertiary/aromatic N) is 3. The van der Waals surface area contributed by atoms with E-state index in [2.05, 4.69) is 29.4 Å². The monoisotopic (exact) mass is 376 g/mol. The summed E-state index contributed by atoms with van der Waals surface area (Å²) in [5, 5.41) is 12.0. The van der Waals surface area contributed by atoms with Crippen LogP contribution in [0.4, 0.5) is 4.39 Å². The Morgan fingerprint density at radius 1 is 1.31 bits per heavy atom. The molecule has 1 heterocycles. The lowest BCUT2D eigenvalue weighted by Crippen LogP contribution is -2.44. The summed E-state index contributed by atoms with van der Waals surface area (Å²) in [7, 11) is 1.78. The molecule has 2 aromatic rings. The number of aromatic nitrogens is 3. The van der Waals surface area contributed by atoms with Crippen molar-refractivity contribution in [1.82, 2.24) is 20.1 Å². The molecule has 0 bridgehead atoms. The van der Waals surface area contributed by atoms with E-state index in [0.717, 1.165) is 6.42 Å². The van der Waals surface area contributed by atoms with Gasteiger partial charge in [-0.3, -0.25) is 4.79 Å². The summed E-state index contributed by atoms with van der Waals surface area (Å²) in [6.07, 6.45) is 3.45. The second kappa shape index (κ2) is 8.20. The highest BCUT2D eigenvalue weighted by Crippen LogP contribution is 2.30. The molecule has 0 aliphatic heterocycles. The summed E-state index contributed by atoms with van der Waals surface area (Å²) in [5.74, 6) is 1.56. The van der Waals surface area contributed by atoms with Crippen molar-refractivity contribution in [2.75, 3.05) is 5.75 Å². The molecular weight excluding hydrogens is 351 g/mol. The standard InChI is InChI=1S/C19H25FN4OS/c1-12-7-6-10-16(13(12)2)21-17(25)11-26-19-23-22-18(24(19)3)14-8-4-5-9-15(14)20/h4-5,8-9,12-13,16H,6-7,10-11H2,1-3H3,(H,21,25)/t12-,13-,16+/m1/s1. The first-order chi connectivity index (χ1) is 12.5. The molecule has 1 aliphatic carbocycles. The van der Waals surface area contributed by atoms with Crippen LogP contribution < -0.4 is 5.32 Å². The molecule has 5 nitrogen and oxygen atoms in total. The van der Waals surface area contributed by atoms with Crippen LogP contribution in [-0.2, 0) is 11.8 Å². The van der Waals surface area contributed by atoms with E-state index in [4.69, 9.17) is 0 Å². The van der Waals surface area contributed by atoms with Crippen molar-refractivity contribution >= 4 is 17.7 Å². The van der Waals surface area contributed by atoms with Gasteiger partial charge in [-0.05, 0) is 30.4 Å². The van der Waals surface area contributed by atoms with Crippen LogP contribution >= 0.6 is 11.8 Å². The SMILES string of the molecule is C[C@@H]1[C@H](C)CCC[C@@H]1NC(=O)CSc1nnc(-c2ccccc2F)n1C. The highest BCUT2D eigenvalue weighted by Gasteiger charge is 2.28. The number of carbonyl (C=O) groups excluding carboxylic acids is 1. The van der Waals surface area contributed by atoms with Crippen molar-refractivity contribution in [2.24, 2.45) is 18.9 Å². The van der Waals surface area contributed by atoms with E-state index >= 15 is 0 Å². The van der Waals surface area contributed by atoms with Crippen LogP contribution in [-0.4, -0.2) is 32.5 Å². The number of halogens is 1. The lowest BCUT2D eigenvalue weighted by atomic mass is 9.78. The third-order valence-corrected chi connectivity index (χ3v) is 6.36. The number of hydrogen-bond donors (Lipinski definition) is 1. The van der Waals surface area contributed by atoms with E-state index in [-0.39, 0.29) is 23.5 Å². The van der Waals surface area contributed by atoms with Crippen LogP contribution in [0.25, 0.3) is 11.4 Å². The molecule has 1 aromatic carbocycles. The van der Waals surface area contributed by atoms with Crippen LogP contribution in [0, 0.1) is 17.7 Å². The van der Waals surface area contributed by atoms with Crippen molar-refractivity contribution in [1.29, 1.82) is 0 Å². The van der Waals surface area contributed by atoms with Crippen molar-refractivity contribution in [3.8, 4) is 11.4 Å². The molecule has 140 valence electrons. The van der Waals surface area contributed by atoms with Gasteiger partial charge in [0.1, 0.15) is 5.82 Å². The maximum Gasteiger partial charge on any atom is 0.230 e. The quantitative estimate of drug-likeness (QED) is 0.809. The maximum absolute atomic E-state index is 14.0. The van der Waals surface area contributed by atoms with Gasteiger partial charge in [-0.25, -0.2) is 4.39 Å². The van der Waals surface area contributed by atoms with Crippen LogP contribution in [0.3, 0.4) is 0 Å². The summed E-state index contributed by atoms with van der Waals surface area (Å²) in [6.45, 7) is 4.47. The topological polar surface area (TPSA) is 59.8 Å². The molecule has 7 heteroatoms. The molecule has 3 rings (SSSR count). The van der Waals surface area contributed by atoms with E-state index in [0.29, 0.717) is 28.4 Å². The molecule has 1 amide bonds. The van der Waals surface area contributed by atoms with E-state index < -0.39 is 0 Å². The van der Waals surface area contributed by atoms with Gasteiger partial charge in [-0.1, -0.05) is 50.6 Å². The Bertz CT molecular complexity index is 779. The van der Waals surface area contributed by atoms with Gasteiger partial charge >= 0.3 is 0 Å². The Kier molecular flexibility index (Phi) is 5.96. The molecule has 0 saturated heterocycles. The third kappa shape index (κ3) is 4.09. The molecule has 3 atom stereocenters. The van der Waals surface area contributed by atoms with Crippen molar-refractivity contribution < 1.29 is 9.18 Å². The number of rotatable bonds is 5. The second-order valence-corrected chi connectivity index (χ2v) is 8.02. The molecule has 0 radical (unpaired) electrons. The number of thioether (sulfide) groups is 1. The lowest BCUT2D eigenvalue weighted by Gasteiger charge is -2.34. The number of amides is 1.